The molecule has 28 heavy (non-hydrogen) atoms. The number of benzene rings is 2. The number of hydrogen-bond acceptors (Lipinski definition) is 5. The molecular weight excluding hydrogens is 376 g/mol. The van der Waals surface area contributed by atoms with E-state index in [4.69, 9.17) is 5.21 Å². The molecule has 3 rings (SSSR count). The Bertz CT molecular complexity index is 976. The van der Waals surface area contributed by atoms with Crippen LogP contribution >= 0.6 is 0 Å². The third-order valence-corrected chi connectivity index (χ3v) is 6.58. The number of hydroxylamine groups is 1. The average Bonchev–Trinajstić information content (AvgIpc) is 2.73. The summed E-state index contributed by atoms with van der Waals surface area (Å²) in [4.78, 5) is 12.2. The molecule has 146 valence electrons. The Morgan fingerprint density at radius 3 is 2.11 bits per heavy atom. The summed E-state index contributed by atoms with van der Waals surface area (Å²) in [6.45, 7) is 0.375. The van der Waals surface area contributed by atoms with Crippen LogP contribution in [0.5, 0.6) is 0 Å². The molecule has 1 aliphatic heterocycles. The summed E-state index contributed by atoms with van der Waals surface area (Å²) in [5.41, 5.74) is 3.33. The van der Waals surface area contributed by atoms with Crippen LogP contribution in [-0.2, 0) is 21.2 Å². The Morgan fingerprint density at radius 2 is 1.54 bits per heavy atom. The average molecular weight is 398 g/mol. The van der Waals surface area contributed by atoms with E-state index >= 15 is 0 Å². The van der Waals surface area contributed by atoms with Gasteiger partial charge < -0.3 is 0 Å². The van der Waals surface area contributed by atoms with Crippen molar-refractivity contribution < 1.29 is 18.4 Å². The zero-order chi connectivity index (χ0) is 20.0. The van der Waals surface area contributed by atoms with Crippen molar-refractivity contribution in [3.8, 4) is 11.8 Å². The normalized spacial score (nSPS) is 17.2. The third kappa shape index (κ3) is 4.98. The summed E-state index contributed by atoms with van der Waals surface area (Å²) in [5, 5.41) is 12.2. The fourth-order valence-electron chi connectivity index (χ4n) is 3.12. The lowest BCUT2D eigenvalue weighted by atomic mass is 9.91. The molecule has 1 heterocycles. The maximum absolute atomic E-state index is 12.2. The molecule has 0 bridgehead atoms. The van der Waals surface area contributed by atoms with E-state index in [1.54, 1.807) is 5.48 Å². The molecule has 0 aromatic heterocycles. The van der Waals surface area contributed by atoms with Crippen molar-refractivity contribution in [3.63, 3.8) is 0 Å². The minimum absolute atomic E-state index is 0.0819. The van der Waals surface area contributed by atoms with Gasteiger partial charge in [0.05, 0.1) is 11.5 Å². The van der Waals surface area contributed by atoms with Gasteiger partial charge in [0.1, 0.15) is 15.4 Å². The van der Waals surface area contributed by atoms with Crippen molar-refractivity contribution >= 4 is 15.7 Å². The van der Waals surface area contributed by atoms with Crippen molar-refractivity contribution in [1.29, 1.82) is 0 Å². The number of sulfone groups is 1. The standard InChI is InChI=1S/C21H22N2O4S/c24-20(23-25)21(12-14-28(26,27)15-13-21)22-16-19-10-8-18(9-11-19)7-6-17-4-2-1-3-5-17/h1-5,8-11,22,25H,12-16H2,(H,23,24). The Kier molecular flexibility index (Phi) is 6.15. The number of carbonyl (C=O) groups is 1. The van der Waals surface area contributed by atoms with Gasteiger partial charge >= 0.3 is 0 Å². The number of nitrogens with one attached hydrogen (secondary N) is 2. The van der Waals surface area contributed by atoms with E-state index in [0.717, 1.165) is 16.7 Å². The molecule has 0 aliphatic carbocycles. The van der Waals surface area contributed by atoms with E-state index in [9.17, 15) is 13.2 Å². The van der Waals surface area contributed by atoms with E-state index in [1.165, 1.54) is 0 Å². The van der Waals surface area contributed by atoms with Gasteiger partial charge in [-0.1, -0.05) is 42.2 Å². The maximum atomic E-state index is 12.2. The van der Waals surface area contributed by atoms with Crippen LogP contribution in [0.1, 0.15) is 29.5 Å². The lowest BCUT2D eigenvalue weighted by Gasteiger charge is -2.35. The summed E-state index contributed by atoms with van der Waals surface area (Å²) in [7, 11) is -3.13. The first kappa shape index (κ1) is 20.1. The molecule has 0 atom stereocenters. The highest BCUT2D eigenvalue weighted by molar-refractivity contribution is 7.91. The molecule has 3 N–H and O–H groups in total. The van der Waals surface area contributed by atoms with Crippen LogP contribution in [0.2, 0.25) is 0 Å². The van der Waals surface area contributed by atoms with E-state index in [2.05, 4.69) is 17.2 Å². The monoisotopic (exact) mass is 398 g/mol. The van der Waals surface area contributed by atoms with Crippen molar-refractivity contribution in [2.24, 2.45) is 0 Å². The Labute approximate surface area is 164 Å². The summed E-state index contributed by atoms with van der Waals surface area (Å²) in [6.07, 6.45) is 0.255. The molecule has 1 fully saturated rings. The van der Waals surface area contributed by atoms with Crippen LogP contribution in [0.25, 0.3) is 0 Å². The molecule has 1 saturated heterocycles. The Balaban J connectivity index is 1.66. The zero-order valence-electron chi connectivity index (χ0n) is 15.3. The van der Waals surface area contributed by atoms with Gasteiger partial charge in [-0.15, -0.1) is 0 Å². The fraction of sp³-hybridized carbons (Fsp3) is 0.286. The van der Waals surface area contributed by atoms with E-state index in [1.807, 2.05) is 54.6 Å². The minimum atomic E-state index is -3.13. The summed E-state index contributed by atoms with van der Waals surface area (Å²) >= 11 is 0. The topological polar surface area (TPSA) is 95.5 Å². The SMILES string of the molecule is O=C(NO)C1(NCc2ccc(C#Cc3ccccc3)cc2)CCS(=O)(=O)CC1. The summed E-state index contributed by atoms with van der Waals surface area (Å²) < 4.78 is 23.4. The lowest BCUT2D eigenvalue weighted by Crippen LogP contribution is -2.59. The van der Waals surface area contributed by atoms with Gasteiger partial charge in [-0.3, -0.25) is 15.3 Å². The van der Waals surface area contributed by atoms with Gasteiger partial charge in [0.25, 0.3) is 5.91 Å². The number of hydrogen-bond donors (Lipinski definition) is 3. The van der Waals surface area contributed by atoms with Gasteiger partial charge in [0, 0.05) is 17.7 Å². The van der Waals surface area contributed by atoms with Gasteiger partial charge in [-0.05, 0) is 42.7 Å². The largest absolute Gasteiger partial charge is 0.299 e. The molecule has 0 unspecified atom stereocenters. The van der Waals surface area contributed by atoms with Crippen LogP contribution in [0.15, 0.2) is 54.6 Å². The van der Waals surface area contributed by atoms with Gasteiger partial charge in [-0.2, -0.15) is 0 Å². The number of rotatable bonds is 4. The molecule has 1 aliphatic rings. The van der Waals surface area contributed by atoms with Gasteiger partial charge in [-0.25, -0.2) is 13.9 Å². The summed E-state index contributed by atoms with van der Waals surface area (Å²) in [5.74, 6) is 5.43. The molecule has 0 radical (unpaired) electrons. The van der Waals surface area contributed by atoms with Crippen LogP contribution in [0, 0.1) is 11.8 Å². The number of carbonyl (C=O) groups excluding carboxylic acids is 1. The fourth-order valence-corrected chi connectivity index (χ4v) is 4.64. The van der Waals surface area contributed by atoms with Crippen LogP contribution in [-0.4, -0.2) is 36.6 Å². The predicted molar refractivity (Wildman–Crippen MR) is 106 cm³/mol. The van der Waals surface area contributed by atoms with Crippen LogP contribution in [0.4, 0.5) is 0 Å². The van der Waals surface area contributed by atoms with Crippen LogP contribution < -0.4 is 10.8 Å². The third-order valence-electron chi connectivity index (χ3n) is 4.93. The van der Waals surface area contributed by atoms with E-state index in [-0.39, 0.29) is 24.3 Å². The zero-order valence-corrected chi connectivity index (χ0v) is 16.1. The van der Waals surface area contributed by atoms with Crippen LogP contribution in [0.3, 0.4) is 0 Å². The quantitative estimate of drug-likeness (QED) is 0.413. The molecule has 2 aromatic rings. The van der Waals surface area contributed by atoms with E-state index < -0.39 is 21.3 Å². The Hall–Kier alpha value is -2.66. The Morgan fingerprint density at radius 1 is 0.964 bits per heavy atom. The summed E-state index contributed by atoms with van der Waals surface area (Å²) in [6, 6.07) is 17.3. The highest BCUT2D eigenvalue weighted by atomic mass is 32.2. The first-order valence-corrected chi connectivity index (χ1v) is 10.8. The number of amides is 1. The van der Waals surface area contributed by atoms with Gasteiger partial charge in [0.15, 0.2) is 0 Å². The molecule has 2 aromatic carbocycles. The second-order valence-corrected chi connectivity index (χ2v) is 9.14. The lowest BCUT2D eigenvalue weighted by molar-refractivity contribution is -0.136. The molecular formula is C21H22N2O4S. The van der Waals surface area contributed by atoms with Crippen molar-refractivity contribution in [3.05, 3.63) is 71.3 Å². The van der Waals surface area contributed by atoms with Crippen molar-refractivity contribution in [1.82, 2.24) is 10.8 Å². The minimum Gasteiger partial charge on any atom is -0.299 e. The molecule has 7 heteroatoms. The first-order chi connectivity index (χ1) is 13.4. The second kappa shape index (κ2) is 8.57. The van der Waals surface area contributed by atoms with Crippen molar-refractivity contribution in [2.45, 2.75) is 24.9 Å². The van der Waals surface area contributed by atoms with Crippen molar-refractivity contribution in [2.75, 3.05) is 11.5 Å². The highest BCUT2D eigenvalue weighted by Crippen LogP contribution is 2.25. The molecule has 0 spiro atoms. The van der Waals surface area contributed by atoms with Gasteiger partial charge in [0.2, 0.25) is 0 Å². The maximum Gasteiger partial charge on any atom is 0.263 e. The first-order valence-electron chi connectivity index (χ1n) is 8.98. The second-order valence-electron chi connectivity index (χ2n) is 6.84. The predicted octanol–water partition coefficient (Wildman–Crippen LogP) is 1.63. The molecule has 0 saturated carbocycles. The molecule has 6 nitrogen and oxygen atoms in total. The molecule has 1 amide bonds. The highest BCUT2D eigenvalue weighted by Gasteiger charge is 2.43. The van der Waals surface area contributed by atoms with E-state index in [0.29, 0.717) is 6.54 Å². The smallest absolute Gasteiger partial charge is 0.263 e.